The van der Waals surface area contributed by atoms with Gasteiger partial charge in [0.25, 0.3) is 0 Å². The van der Waals surface area contributed by atoms with Gasteiger partial charge in [0.05, 0.1) is 5.02 Å². The van der Waals surface area contributed by atoms with Crippen LogP contribution in [-0.2, 0) is 9.59 Å². The molecule has 1 aromatic carbocycles. The van der Waals surface area contributed by atoms with Crippen molar-refractivity contribution >= 4 is 29.6 Å². The van der Waals surface area contributed by atoms with Crippen LogP contribution in [0, 0.1) is 5.82 Å². The van der Waals surface area contributed by atoms with Crippen molar-refractivity contribution in [3.05, 3.63) is 40.7 Å². The number of benzene rings is 1. The van der Waals surface area contributed by atoms with E-state index >= 15 is 0 Å². The highest BCUT2D eigenvalue weighted by molar-refractivity contribution is 6.30. The number of hydrogen-bond acceptors (Lipinski definition) is 2. The van der Waals surface area contributed by atoms with Crippen molar-refractivity contribution in [1.82, 2.24) is 5.32 Å². The van der Waals surface area contributed by atoms with Crippen LogP contribution in [0.1, 0.15) is 18.4 Å². The maximum atomic E-state index is 13.5. The Balaban J connectivity index is 2.45. The summed E-state index contributed by atoms with van der Waals surface area (Å²) in [6, 6.07) is 4.49. The van der Waals surface area contributed by atoms with Gasteiger partial charge in [-0.2, -0.15) is 0 Å². The minimum atomic E-state index is -0.911. The number of carbonyl (C=O) groups is 2. The molecule has 1 amide bonds. The van der Waals surface area contributed by atoms with Crippen molar-refractivity contribution in [3.63, 3.8) is 0 Å². The molecule has 0 atom stereocenters. The molecule has 0 fully saturated rings. The second kappa shape index (κ2) is 7.53. The first-order valence-electron chi connectivity index (χ1n) is 5.62. The van der Waals surface area contributed by atoms with E-state index in [1.807, 2.05) is 0 Å². The van der Waals surface area contributed by atoms with Gasteiger partial charge in [0.1, 0.15) is 5.82 Å². The number of nitrogens with one attached hydrogen (secondary N) is 1. The summed E-state index contributed by atoms with van der Waals surface area (Å²) in [5.41, 5.74) is 0.216. The second-order valence-electron chi connectivity index (χ2n) is 3.76. The molecule has 1 aromatic rings. The number of halogens is 2. The van der Waals surface area contributed by atoms with E-state index in [4.69, 9.17) is 16.7 Å². The molecule has 0 saturated carbocycles. The summed E-state index contributed by atoms with van der Waals surface area (Å²) < 4.78 is 13.5. The Morgan fingerprint density at radius 1 is 1.42 bits per heavy atom. The summed E-state index contributed by atoms with van der Waals surface area (Å²) in [4.78, 5) is 21.6. The average molecular weight is 286 g/mol. The van der Waals surface area contributed by atoms with Crippen LogP contribution in [0.25, 0.3) is 6.08 Å². The standard InChI is InChI=1S/C13H13ClFNO3/c14-10-4-1-3-9(13(10)15)6-7-11(17)16-8-2-5-12(18)19/h1,3-4,6-7H,2,5,8H2,(H,16,17)(H,18,19)/b7-6+. The van der Waals surface area contributed by atoms with Gasteiger partial charge in [0.15, 0.2) is 0 Å². The summed E-state index contributed by atoms with van der Waals surface area (Å²) in [6.07, 6.45) is 2.83. The third kappa shape index (κ3) is 5.52. The van der Waals surface area contributed by atoms with Gasteiger partial charge in [-0.05, 0) is 18.6 Å². The average Bonchev–Trinajstić information content (AvgIpc) is 2.36. The van der Waals surface area contributed by atoms with Crippen LogP contribution in [-0.4, -0.2) is 23.5 Å². The molecule has 0 aliphatic rings. The van der Waals surface area contributed by atoms with E-state index in [0.29, 0.717) is 6.42 Å². The molecule has 0 aromatic heterocycles. The number of carboxylic acid groups (broad SMARTS) is 1. The lowest BCUT2D eigenvalue weighted by molar-refractivity contribution is -0.137. The normalized spacial score (nSPS) is 10.6. The van der Waals surface area contributed by atoms with Crippen LogP contribution in [0.5, 0.6) is 0 Å². The van der Waals surface area contributed by atoms with Gasteiger partial charge >= 0.3 is 5.97 Å². The van der Waals surface area contributed by atoms with Crippen molar-refractivity contribution in [1.29, 1.82) is 0 Å². The highest BCUT2D eigenvalue weighted by atomic mass is 35.5. The molecule has 1 rings (SSSR count). The highest BCUT2D eigenvalue weighted by Crippen LogP contribution is 2.18. The predicted octanol–water partition coefficient (Wildman–Crippen LogP) is 2.47. The first kappa shape index (κ1) is 15.2. The van der Waals surface area contributed by atoms with Gasteiger partial charge in [0.2, 0.25) is 5.91 Å². The van der Waals surface area contributed by atoms with Crippen LogP contribution >= 0.6 is 11.6 Å². The predicted molar refractivity (Wildman–Crippen MR) is 70.3 cm³/mol. The van der Waals surface area contributed by atoms with Crippen LogP contribution < -0.4 is 5.32 Å². The largest absolute Gasteiger partial charge is 0.481 e. The molecule has 0 unspecified atom stereocenters. The number of amides is 1. The molecule has 19 heavy (non-hydrogen) atoms. The monoisotopic (exact) mass is 285 g/mol. The van der Waals surface area contributed by atoms with E-state index in [9.17, 15) is 14.0 Å². The molecule has 0 heterocycles. The summed E-state index contributed by atoms with van der Waals surface area (Å²) in [5, 5.41) is 10.9. The van der Waals surface area contributed by atoms with Crippen molar-refractivity contribution in [3.8, 4) is 0 Å². The zero-order valence-electron chi connectivity index (χ0n) is 10.0. The lowest BCUT2D eigenvalue weighted by Gasteiger charge is -2.01. The van der Waals surface area contributed by atoms with Crippen LogP contribution in [0.3, 0.4) is 0 Å². The molecule has 0 bridgehead atoms. The molecule has 6 heteroatoms. The molecular formula is C13H13ClFNO3. The minimum absolute atomic E-state index is 0.00703. The van der Waals surface area contributed by atoms with E-state index in [0.717, 1.165) is 0 Å². The van der Waals surface area contributed by atoms with Gasteiger partial charge in [0, 0.05) is 24.6 Å². The minimum Gasteiger partial charge on any atom is -0.481 e. The quantitative estimate of drug-likeness (QED) is 0.623. The topological polar surface area (TPSA) is 66.4 Å². The number of rotatable bonds is 6. The van der Waals surface area contributed by atoms with Gasteiger partial charge in [-0.1, -0.05) is 23.7 Å². The van der Waals surface area contributed by atoms with Gasteiger partial charge in [-0.15, -0.1) is 0 Å². The van der Waals surface area contributed by atoms with Crippen molar-refractivity contribution in [2.45, 2.75) is 12.8 Å². The SMILES string of the molecule is O=C(O)CCCNC(=O)/C=C/c1cccc(Cl)c1F. The maximum Gasteiger partial charge on any atom is 0.303 e. The van der Waals surface area contributed by atoms with Crippen molar-refractivity contribution < 1.29 is 19.1 Å². The van der Waals surface area contributed by atoms with E-state index in [2.05, 4.69) is 5.32 Å². The first-order valence-corrected chi connectivity index (χ1v) is 6.00. The summed E-state index contributed by atoms with van der Waals surface area (Å²) >= 11 is 5.60. The Morgan fingerprint density at radius 2 is 2.16 bits per heavy atom. The van der Waals surface area contributed by atoms with Crippen LogP contribution in [0.15, 0.2) is 24.3 Å². The molecule has 4 nitrogen and oxygen atoms in total. The zero-order chi connectivity index (χ0) is 14.3. The Kier molecular flexibility index (Phi) is 6.02. The lowest BCUT2D eigenvalue weighted by atomic mass is 10.2. The van der Waals surface area contributed by atoms with Gasteiger partial charge in [-0.3, -0.25) is 9.59 Å². The lowest BCUT2D eigenvalue weighted by Crippen LogP contribution is -2.22. The number of hydrogen-bond donors (Lipinski definition) is 2. The fourth-order valence-electron chi connectivity index (χ4n) is 1.32. The second-order valence-corrected chi connectivity index (χ2v) is 4.17. The number of carbonyl (C=O) groups excluding carboxylic acids is 1. The third-order valence-electron chi connectivity index (χ3n) is 2.26. The Hall–Kier alpha value is -1.88. The van der Waals surface area contributed by atoms with E-state index in [1.165, 1.54) is 24.3 Å². The van der Waals surface area contributed by atoms with Crippen LogP contribution in [0.2, 0.25) is 5.02 Å². The smallest absolute Gasteiger partial charge is 0.303 e. The molecule has 102 valence electrons. The molecule has 0 aliphatic heterocycles. The molecule has 0 aliphatic carbocycles. The summed E-state index contributed by atoms with van der Waals surface area (Å²) in [6.45, 7) is 0.257. The highest BCUT2D eigenvalue weighted by Gasteiger charge is 2.03. The number of carboxylic acids is 1. The molecule has 0 spiro atoms. The fraction of sp³-hybridized carbons (Fsp3) is 0.231. The molecular weight excluding hydrogens is 273 g/mol. The first-order chi connectivity index (χ1) is 9.00. The maximum absolute atomic E-state index is 13.5. The van der Waals surface area contributed by atoms with E-state index in [1.54, 1.807) is 6.07 Å². The molecule has 0 radical (unpaired) electrons. The number of aliphatic carboxylic acids is 1. The van der Waals surface area contributed by atoms with Gasteiger partial charge in [-0.25, -0.2) is 4.39 Å². The zero-order valence-corrected chi connectivity index (χ0v) is 10.8. The Labute approximate surface area is 114 Å². The summed E-state index contributed by atoms with van der Waals surface area (Å²) in [5.74, 6) is -1.91. The van der Waals surface area contributed by atoms with Gasteiger partial charge < -0.3 is 10.4 Å². The Bertz CT molecular complexity index is 503. The Morgan fingerprint density at radius 3 is 2.84 bits per heavy atom. The van der Waals surface area contributed by atoms with E-state index < -0.39 is 17.7 Å². The van der Waals surface area contributed by atoms with Crippen molar-refractivity contribution in [2.24, 2.45) is 0 Å². The summed E-state index contributed by atoms with van der Waals surface area (Å²) in [7, 11) is 0. The molecule has 0 saturated heterocycles. The third-order valence-corrected chi connectivity index (χ3v) is 2.55. The van der Waals surface area contributed by atoms with E-state index in [-0.39, 0.29) is 23.6 Å². The van der Waals surface area contributed by atoms with Crippen molar-refractivity contribution in [2.75, 3.05) is 6.54 Å². The molecule has 2 N–H and O–H groups in total. The van der Waals surface area contributed by atoms with Crippen LogP contribution in [0.4, 0.5) is 4.39 Å². The fourth-order valence-corrected chi connectivity index (χ4v) is 1.51.